The van der Waals surface area contributed by atoms with E-state index in [1.807, 2.05) is 12.1 Å². The molecule has 2 aliphatic carbocycles. The SMILES string of the molecule is CCc1nncn1CCNC(=NCc1ccc(OC)cc1)NC1CC2CCC1C2.I. The summed E-state index contributed by atoms with van der Waals surface area (Å²) in [7, 11) is 1.69. The Hall–Kier alpha value is -1.84. The summed E-state index contributed by atoms with van der Waals surface area (Å²) in [4.78, 5) is 4.87. The fourth-order valence-corrected chi connectivity index (χ4v) is 4.69. The number of aromatic nitrogens is 3. The predicted octanol–water partition coefficient (Wildman–Crippen LogP) is 3.39. The third-order valence-corrected chi connectivity index (χ3v) is 6.30. The summed E-state index contributed by atoms with van der Waals surface area (Å²) >= 11 is 0. The van der Waals surface area contributed by atoms with Crippen molar-refractivity contribution in [3.05, 3.63) is 42.0 Å². The van der Waals surface area contributed by atoms with Gasteiger partial charge in [-0.1, -0.05) is 25.5 Å². The maximum atomic E-state index is 5.25. The Balaban J connectivity index is 0.00000256. The van der Waals surface area contributed by atoms with Crippen molar-refractivity contribution in [3.63, 3.8) is 0 Å². The first-order valence-electron chi connectivity index (χ1n) is 10.8. The van der Waals surface area contributed by atoms with Crippen LogP contribution in [0.25, 0.3) is 0 Å². The number of rotatable bonds is 8. The van der Waals surface area contributed by atoms with Gasteiger partial charge in [-0.2, -0.15) is 0 Å². The Morgan fingerprint density at radius 3 is 2.73 bits per heavy atom. The van der Waals surface area contributed by atoms with Crippen molar-refractivity contribution in [2.75, 3.05) is 13.7 Å². The lowest BCUT2D eigenvalue weighted by atomic mass is 9.95. The van der Waals surface area contributed by atoms with Gasteiger partial charge in [0.2, 0.25) is 0 Å². The van der Waals surface area contributed by atoms with Gasteiger partial charge in [0, 0.05) is 25.6 Å². The number of nitrogens with zero attached hydrogens (tertiary/aromatic N) is 4. The standard InChI is InChI=1S/C22H32N6O.HI/c1-3-21-27-25-15-28(21)11-10-23-22(26-20-13-17-4-7-18(20)12-17)24-14-16-5-8-19(29-2)9-6-16;/h5-6,8-9,15,17-18,20H,3-4,7,10-14H2,1-2H3,(H2,23,24,26);1H. The van der Waals surface area contributed by atoms with Crippen LogP contribution in [-0.4, -0.2) is 40.4 Å². The van der Waals surface area contributed by atoms with E-state index >= 15 is 0 Å². The maximum absolute atomic E-state index is 5.25. The van der Waals surface area contributed by atoms with E-state index in [1.165, 1.54) is 31.2 Å². The summed E-state index contributed by atoms with van der Waals surface area (Å²) < 4.78 is 7.35. The van der Waals surface area contributed by atoms with E-state index in [2.05, 4.69) is 44.5 Å². The summed E-state index contributed by atoms with van der Waals surface area (Å²) in [6, 6.07) is 8.67. The zero-order valence-corrected chi connectivity index (χ0v) is 20.2. The molecule has 7 nitrogen and oxygen atoms in total. The number of aryl methyl sites for hydroxylation is 1. The molecule has 0 saturated heterocycles. The van der Waals surface area contributed by atoms with Crippen molar-refractivity contribution in [1.29, 1.82) is 0 Å². The zero-order valence-electron chi connectivity index (χ0n) is 17.9. The van der Waals surface area contributed by atoms with Crippen LogP contribution in [-0.2, 0) is 19.5 Å². The topological polar surface area (TPSA) is 76.4 Å². The largest absolute Gasteiger partial charge is 0.497 e. The molecule has 8 heteroatoms. The first-order valence-corrected chi connectivity index (χ1v) is 10.8. The van der Waals surface area contributed by atoms with Gasteiger partial charge in [-0.25, -0.2) is 4.99 Å². The number of ether oxygens (including phenoxy) is 1. The lowest BCUT2D eigenvalue weighted by molar-refractivity contribution is 0.387. The van der Waals surface area contributed by atoms with Crippen molar-refractivity contribution in [2.45, 2.75) is 58.2 Å². The molecule has 1 heterocycles. The average molecular weight is 524 g/mol. The molecule has 2 aromatic rings. The quantitative estimate of drug-likeness (QED) is 0.315. The Kier molecular flexibility index (Phi) is 8.35. The fraction of sp³-hybridized carbons (Fsp3) is 0.591. The number of benzene rings is 1. The van der Waals surface area contributed by atoms with E-state index in [0.717, 1.165) is 48.9 Å². The van der Waals surface area contributed by atoms with Gasteiger partial charge in [-0.3, -0.25) is 0 Å². The molecule has 2 saturated carbocycles. The molecule has 2 aliphatic rings. The van der Waals surface area contributed by atoms with Crippen LogP contribution in [0, 0.1) is 11.8 Å². The molecule has 1 aromatic carbocycles. The molecule has 2 N–H and O–H groups in total. The molecular weight excluding hydrogens is 491 g/mol. The average Bonchev–Trinajstić information content (AvgIpc) is 3.49. The van der Waals surface area contributed by atoms with Crippen LogP contribution in [0.4, 0.5) is 0 Å². The first-order chi connectivity index (χ1) is 14.2. The highest BCUT2D eigenvalue weighted by molar-refractivity contribution is 14.0. The van der Waals surface area contributed by atoms with Crippen LogP contribution in [0.1, 0.15) is 44.0 Å². The fourth-order valence-electron chi connectivity index (χ4n) is 4.69. The van der Waals surface area contributed by atoms with E-state index < -0.39 is 0 Å². The molecule has 3 unspecified atom stereocenters. The molecule has 0 radical (unpaired) electrons. The third-order valence-electron chi connectivity index (χ3n) is 6.30. The highest BCUT2D eigenvalue weighted by atomic mass is 127. The summed E-state index contributed by atoms with van der Waals surface area (Å²) in [5.41, 5.74) is 1.17. The molecule has 1 aromatic heterocycles. The number of methoxy groups -OCH3 is 1. The second-order valence-electron chi connectivity index (χ2n) is 8.16. The third kappa shape index (κ3) is 5.65. The van der Waals surface area contributed by atoms with Gasteiger partial charge in [0.25, 0.3) is 0 Å². The summed E-state index contributed by atoms with van der Waals surface area (Å²) in [6.45, 7) is 4.37. The number of aliphatic imine (C=N–C) groups is 1. The Bertz CT molecular complexity index is 821. The van der Waals surface area contributed by atoms with Crippen molar-refractivity contribution in [3.8, 4) is 5.75 Å². The van der Waals surface area contributed by atoms with Crippen LogP contribution in [0.5, 0.6) is 5.75 Å². The second-order valence-corrected chi connectivity index (χ2v) is 8.16. The van der Waals surface area contributed by atoms with Crippen LogP contribution >= 0.6 is 24.0 Å². The van der Waals surface area contributed by atoms with Gasteiger partial charge in [-0.15, -0.1) is 34.2 Å². The number of guanidine groups is 1. The minimum atomic E-state index is 0. The highest BCUT2D eigenvalue weighted by Gasteiger charge is 2.39. The molecule has 3 atom stereocenters. The molecule has 2 fully saturated rings. The molecule has 0 spiro atoms. The highest BCUT2D eigenvalue weighted by Crippen LogP contribution is 2.44. The molecule has 0 amide bonds. The van der Waals surface area contributed by atoms with Crippen molar-refractivity contribution < 1.29 is 4.74 Å². The molecule has 164 valence electrons. The van der Waals surface area contributed by atoms with E-state index in [-0.39, 0.29) is 24.0 Å². The van der Waals surface area contributed by atoms with Gasteiger partial charge >= 0.3 is 0 Å². The van der Waals surface area contributed by atoms with E-state index in [1.54, 1.807) is 13.4 Å². The Morgan fingerprint density at radius 2 is 2.07 bits per heavy atom. The van der Waals surface area contributed by atoms with E-state index in [0.29, 0.717) is 12.6 Å². The lowest BCUT2D eigenvalue weighted by Crippen LogP contribution is -2.46. The zero-order chi connectivity index (χ0) is 20.1. The number of nitrogens with one attached hydrogen (secondary N) is 2. The van der Waals surface area contributed by atoms with Crippen LogP contribution in [0.2, 0.25) is 0 Å². The van der Waals surface area contributed by atoms with Crippen LogP contribution < -0.4 is 15.4 Å². The molecule has 2 bridgehead atoms. The van der Waals surface area contributed by atoms with Gasteiger partial charge in [0.1, 0.15) is 17.9 Å². The monoisotopic (exact) mass is 524 g/mol. The van der Waals surface area contributed by atoms with Crippen LogP contribution in [0.15, 0.2) is 35.6 Å². The number of hydrogen-bond donors (Lipinski definition) is 2. The maximum Gasteiger partial charge on any atom is 0.191 e. The molecular formula is C22H33IN6O. The summed E-state index contributed by atoms with van der Waals surface area (Å²) in [5, 5.41) is 15.4. The van der Waals surface area contributed by atoms with Crippen LogP contribution in [0.3, 0.4) is 0 Å². The molecule has 0 aliphatic heterocycles. The van der Waals surface area contributed by atoms with Gasteiger partial charge < -0.3 is 19.9 Å². The van der Waals surface area contributed by atoms with E-state index in [4.69, 9.17) is 9.73 Å². The number of fused-ring (bicyclic) bond motifs is 2. The Morgan fingerprint density at radius 1 is 1.23 bits per heavy atom. The second kappa shape index (κ2) is 11.0. The first kappa shape index (κ1) is 22.8. The smallest absolute Gasteiger partial charge is 0.191 e. The summed E-state index contributed by atoms with van der Waals surface area (Å²) in [6.07, 6.45) is 8.11. The normalized spacial score (nSPS) is 22.6. The predicted molar refractivity (Wildman–Crippen MR) is 129 cm³/mol. The van der Waals surface area contributed by atoms with Crippen molar-refractivity contribution in [1.82, 2.24) is 25.4 Å². The van der Waals surface area contributed by atoms with Crippen molar-refractivity contribution >= 4 is 29.9 Å². The number of hydrogen-bond acceptors (Lipinski definition) is 4. The minimum absolute atomic E-state index is 0. The van der Waals surface area contributed by atoms with Crippen molar-refractivity contribution in [2.24, 2.45) is 16.8 Å². The van der Waals surface area contributed by atoms with Gasteiger partial charge in [0.15, 0.2) is 5.96 Å². The minimum Gasteiger partial charge on any atom is -0.497 e. The van der Waals surface area contributed by atoms with Gasteiger partial charge in [-0.05, 0) is 48.8 Å². The number of halogens is 1. The van der Waals surface area contributed by atoms with E-state index in [9.17, 15) is 0 Å². The molecule has 30 heavy (non-hydrogen) atoms. The Labute approximate surface area is 196 Å². The summed E-state index contributed by atoms with van der Waals surface area (Å²) in [5.74, 6) is 4.51. The van der Waals surface area contributed by atoms with Gasteiger partial charge in [0.05, 0.1) is 13.7 Å². The molecule has 4 rings (SSSR count). The lowest BCUT2D eigenvalue weighted by Gasteiger charge is -2.25.